The Balaban J connectivity index is 1.67. The van der Waals surface area contributed by atoms with Crippen LogP contribution >= 0.6 is 0 Å². The minimum absolute atomic E-state index is 0.102. The number of hydrogen-bond acceptors (Lipinski definition) is 3. The lowest BCUT2D eigenvalue weighted by molar-refractivity contribution is 0.0951. The number of benzene rings is 2. The summed E-state index contributed by atoms with van der Waals surface area (Å²) in [5.74, 6) is 0.710. The molecule has 3 aromatic rings. The molecule has 0 bridgehead atoms. The van der Waals surface area contributed by atoms with E-state index in [1.807, 2.05) is 86.4 Å². The van der Waals surface area contributed by atoms with Crippen LogP contribution in [-0.2, 0) is 13.1 Å². The first kappa shape index (κ1) is 18.7. The highest BCUT2D eigenvalue weighted by Gasteiger charge is 2.09. The zero-order valence-corrected chi connectivity index (χ0v) is 16.0. The van der Waals surface area contributed by atoms with Gasteiger partial charge >= 0.3 is 0 Å². The first-order chi connectivity index (χ1) is 13.0. The summed E-state index contributed by atoms with van der Waals surface area (Å²) in [6, 6.07) is 15.4. The number of aryl methyl sites for hydroxylation is 1. The SMILES string of the molecule is CCn1cc(-c2cccc(C(=O)NCc3cccc(OC(C)C)c3)c2)cn1. The number of nitrogens with zero attached hydrogens (tertiary/aromatic N) is 2. The second-order valence-corrected chi connectivity index (χ2v) is 6.66. The number of carbonyl (C=O) groups excluding carboxylic acids is 1. The fraction of sp³-hybridized carbons (Fsp3) is 0.273. The van der Waals surface area contributed by atoms with Crippen LogP contribution in [0.5, 0.6) is 5.75 Å². The predicted molar refractivity (Wildman–Crippen MR) is 107 cm³/mol. The summed E-state index contributed by atoms with van der Waals surface area (Å²) in [7, 11) is 0. The Bertz CT molecular complexity index is 915. The van der Waals surface area contributed by atoms with Gasteiger partial charge in [0.25, 0.3) is 5.91 Å². The monoisotopic (exact) mass is 363 g/mol. The molecule has 0 aliphatic carbocycles. The van der Waals surface area contributed by atoms with Crippen molar-refractivity contribution in [3.63, 3.8) is 0 Å². The minimum Gasteiger partial charge on any atom is -0.491 e. The van der Waals surface area contributed by atoms with Gasteiger partial charge in [-0.25, -0.2) is 0 Å². The first-order valence-corrected chi connectivity index (χ1v) is 9.22. The van der Waals surface area contributed by atoms with Gasteiger partial charge in [-0.2, -0.15) is 5.10 Å². The van der Waals surface area contributed by atoms with E-state index in [2.05, 4.69) is 10.4 Å². The zero-order chi connectivity index (χ0) is 19.2. The Morgan fingerprint density at radius 1 is 1.15 bits per heavy atom. The molecule has 5 nitrogen and oxygen atoms in total. The van der Waals surface area contributed by atoms with Crippen LogP contribution in [0.25, 0.3) is 11.1 Å². The molecule has 0 aliphatic heterocycles. The number of amides is 1. The van der Waals surface area contributed by atoms with Gasteiger partial charge in [-0.3, -0.25) is 9.48 Å². The molecule has 0 unspecified atom stereocenters. The molecule has 140 valence electrons. The molecule has 5 heteroatoms. The van der Waals surface area contributed by atoms with Crippen LogP contribution in [0.1, 0.15) is 36.7 Å². The molecule has 0 atom stereocenters. The molecule has 3 rings (SSSR count). The van der Waals surface area contributed by atoms with Crippen LogP contribution in [0.3, 0.4) is 0 Å². The van der Waals surface area contributed by atoms with Gasteiger partial charge < -0.3 is 10.1 Å². The Kier molecular flexibility index (Phi) is 5.91. The number of carbonyl (C=O) groups is 1. The van der Waals surface area contributed by atoms with E-state index in [-0.39, 0.29) is 12.0 Å². The van der Waals surface area contributed by atoms with Gasteiger partial charge in [0, 0.05) is 30.4 Å². The maximum absolute atomic E-state index is 12.6. The van der Waals surface area contributed by atoms with Crippen molar-refractivity contribution in [2.75, 3.05) is 0 Å². The maximum Gasteiger partial charge on any atom is 0.251 e. The normalized spacial score (nSPS) is 10.8. The van der Waals surface area contributed by atoms with E-state index in [1.54, 1.807) is 0 Å². The highest BCUT2D eigenvalue weighted by Crippen LogP contribution is 2.20. The molecule has 0 radical (unpaired) electrons. The van der Waals surface area contributed by atoms with E-state index >= 15 is 0 Å². The van der Waals surface area contributed by atoms with E-state index in [4.69, 9.17) is 4.74 Å². The molecule has 0 saturated carbocycles. The number of rotatable bonds is 7. The highest BCUT2D eigenvalue weighted by atomic mass is 16.5. The Hall–Kier alpha value is -3.08. The molecule has 0 spiro atoms. The third-order valence-electron chi connectivity index (χ3n) is 4.14. The van der Waals surface area contributed by atoms with Crippen molar-refractivity contribution < 1.29 is 9.53 Å². The summed E-state index contributed by atoms with van der Waals surface area (Å²) in [4.78, 5) is 12.6. The molecular formula is C22H25N3O2. The first-order valence-electron chi connectivity index (χ1n) is 9.22. The van der Waals surface area contributed by atoms with Gasteiger partial charge in [0.05, 0.1) is 12.3 Å². The van der Waals surface area contributed by atoms with Crippen molar-refractivity contribution in [3.8, 4) is 16.9 Å². The second-order valence-electron chi connectivity index (χ2n) is 6.66. The van der Waals surface area contributed by atoms with Crippen molar-refractivity contribution in [3.05, 3.63) is 72.1 Å². The molecule has 1 amide bonds. The second kappa shape index (κ2) is 8.54. The summed E-state index contributed by atoms with van der Waals surface area (Å²) in [5, 5.41) is 7.27. The summed E-state index contributed by atoms with van der Waals surface area (Å²) < 4.78 is 7.57. The quantitative estimate of drug-likeness (QED) is 0.681. The van der Waals surface area contributed by atoms with E-state index in [0.717, 1.165) is 29.0 Å². The number of aromatic nitrogens is 2. The number of nitrogens with one attached hydrogen (secondary N) is 1. The van der Waals surface area contributed by atoms with Gasteiger partial charge in [-0.05, 0) is 56.2 Å². The average molecular weight is 363 g/mol. The Morgan fingerprint density at radius 2 is 1.96 bits per heavy atom. The molecule has 1 N–H and O–H groups in total. The smallest absolute Gasteiger partial charge is 0.251 e. The molecule has 1 heterocycles. The van der Waals surface area contributed by atoms with Crippen LogP contribution in [0.4, 0.5) is 0 Å². The molecule has 0 aliphatic rings. The van der Waals surface area contributed by atoms with E-state index in [1.165, 1.54) is 0 Å². The van der Waals surface area contributed by atoms with Gasteiger partial charge in [-0.1, -0.05) is 24.3 Å². The lowest BCUT2D eigenvalue weighted by Crippen LogP contribution is -2.22. The van der Waals surface area contributed by atoms with Crippen LogP contribution in [-0.4, -0.2) is 21.8 Å². The molecule has 0 fully saturated rings. The van der Waals surface area contributed by atoms with Gasteiger partial charge in [0.15, 0.2) is 0 Å². The molecule has 2 aromatic carbocycles. The third-order valence-corrected chi connectivity index (χ3v) is 4.14. The fourth-order valence-electron chi connectivity index (χ4n) is 2.81. The Labute approximate surface area is 160 Å². The topological polar surface area (TPSA) is 56.2 Å². The standard InChI is InChI=1S/C22H25N3O2/c1-4-25-15-20(14-24-25)18-8-6-9-19(12-18)22(26)23-13-17-7-5-10-21(11-17)27-16(2)3/h5-12,14-16H,4,13H2,1-3H3,(H,23,26). The summed E-state index contributed by atoms with van der Waals surface area (Å²) in [6.07, 6.45) is 3.92. The van der Waals surface area contributed by atoms with Gasteiger partial charge in [-0.15, -0.1) is 0 Å². The maximum atomic E-state index is 12.6. The number of hydrogen-bond donors (Lipinski definition) is 1. The third kappa shape index (κ3) is 4.97. The van der Waals surface area contributed by atoms with E-state index < -0.39 is 0 Å². The van der Waals surface area contributed by atoms with Gasteiger partial charge in [0.1, 0.15) is 5.75 Å². The lowest BCUT2D eigenvalue weighted by Gasteiger charge is -2.11. The van der Waals surface area contributed by atoms with E-state index in [9.17, 15) is 4.79 Å². The average Bonchev–Trinajstić information content (AvgIpc) is 3.15. The van der Waals surface area contributed by atoms with Crippen LogP contribution in [0, 0.1) is 0 Å². The van der Waals surface area contributed by atoms with Crippen molar-refractivity contribution >= 4 is 5.91 Å². The summed E-state index contributed by atoms with van der Waals surface area (Å²) >= 11 is 0. The zero-order valence-electron chi connectivity index (χ0n) is 16.0. The number of ether oxygens (including phenoxy) is 1. The Morgan fingerprint density at radius 3 is 2.70 bits per heavy atom. The minimum atomic E-state index is -0.102. The largest absolute Gasteiger partial charge is 0.491 e. The summed E-state index contributed by atoms with van der Waals surface area (Å²) in [6.45, 7) is 7.30. The van der Waals surface area contributed by atoms with Crippen LogP contribution in [0.15, 0.2) is 60.9 Å². The van der Waals surface area contributed by atoms with Gasteiger partial charge in [0.2, 0.25) is 0 Å². The lowest BCUT2D eigenvalue weighted by atomic mass is 10.1. The fourth-order valence-corrected chi connectivity index (χ4v) is 2.81. The molecule has 27 heavy (non-hydrogen) atoms. The van der Waals surface area contributed by atoms with Crippen LogP contribution < -0.4 is 10.1 Å². The predicted octanol–water partition coefficient (Wildman–Crippen LogP) is 4.29. The van der Waals surface area contributed by atoms with Crippen molar-refractivity contribution in [1.82, 2.24) is 15.1 Å². The molecule has 1 aromatic heterocycles. The highest BCUT2D eigenvalue weighted by molar-refractivity contribution is 5.95. The van der Waals surface area contributed by atoms with Crippen molar-refractivity contribution in [1.29, 1.82) is 0 Å². The van der Waals surface area contributed by atoms with Crippen LogP contribution in [0.2, 0.25) is 0 Å². The van der Waals surface area contributed by atoms with E-state index in [0.29, 0.717) is 12.1 Å². The summed E-state index contributed by atoms with van der Waals surface area (Å²) in [5.41, 5.74) is 3.62. The van der Waals surface area contributed by atoms with Crippen molar-refractivity contribution in [2.24, 2.45) is 0 Å². The molecule has 0 saturated heterocycles. The molecular weight excluding hydrogens is 338 g/mol. The van der Waals surface area contributed by atoms with Crippen molar-refractivity contribution in [2.45, 2.75) is 40.0 Å².